The second-order valence-corrected chi connectivity index (χ2v) is 7.89. The molecule has 1 aliphatic heterocycles. The van der Waals surface area contributed by atoms with E-state index in [-0.39, 0.29) is 17.9 Å². The molecule has 0 radical (unpaired) electrons. The zero-order valence-electron chi connectivity index (χ0n) is 15.1. The zero-order valence-corrected chi connectivity index (χ0v) is 15.9. The smallest absolute Gasteiger partial charge is 0.315 e. The quantitative estimate of drug-likeness (QED) is 0.835. The van der Waals surface area contributed by atoms with E-state index in [1.165, 1.54) is 17.7 Å². The van der Waals surface area contributed by atoms with Crippen LogP contribution in [0.25, 0.3) is 0 Å². The number of rotatable bonds is 5. The van der Waals surface area contributed by atoms with E-state index in [1.54, 1.807) is 17.8 Å². The predicted molar refractivity (Wildman–Crippen MR) is 104 cm³/mol. The molecule has 0 bridgehead atoms. The Morgan fingerprint density at radius 2 is 1.92 bits per heavy atom. The van der Waals surface area contributed by atoms with E-state index >= 15 is 0 Å². The van der Waals surface area contributed by atoms with E-state index in [2.05, 4.69) is 27.7 Å². The van der Waals surface area contributed by atoms with E-state index in [1.807, 2.05) is 26.2 Å². The molecule has 26 heavy (non-hydrogen) atoms. The Hall–Kier alpha value is -2.05. The number of urea groups is 1. The molecule has 0 aromatic heterocycles. The molecule has 0 saturated heterocycles. The summed E-state index contributed by atoms with van der Waals surface area (Å²) < 4.78 is 13.5. The number of carbonyl (C=O) groups is 1. The van der Waals surface area contributed by atoms with Gasteiger partial charge < -0.3 is 15.5 Å². The molecule has 2 aromatic carbocycles. The van der Waals surface area contributed by atoms with Gasteiger partial charge in [-0.05, 0) is 55.4 Å². The minimum atomic E-state index is -0.267. The van der Waals surface area contributed by atoms with E-state index in [0.717, 1.165) is 34.7 Å². The zero-order chi connectivity index (χ0) is 18.5. The van der Waals surface area contributed by atoms with Gasteiger partial charge in [0, 0.05) is 23.7 Å². The van der Waals surface area contributed by atoms with Crippen molar-refractivity contribution in [3.63, 3.8) is 0 Å². The molecule has 0 saturated carbocycles. The second-order valence-electron chi connectivity index (χ2n) is 6.75. The molecular formula is C20H24FN3OS. The van der Waals surface area contributed by atoms with Crippen LogP contribution in [0.1, 0.15) is 29.2 Å². The Kier molecular flexibility index (Phi) is 6.16. The topological polar surface area (TPSA) is 44.4 Å². The largest absolute Gasteiger partial charge is 0.334 e. The molecule has 1 heterocycles. The Morgan fingerprint density at radius 1 is 1.19 bits per heavy atom. The normalized spacial score (nSPS) is 16.2. The number of thioether (sulfide) groups is 1. The summed E-state index contributed by atoms with van der Waals surface area (Å²) in [5.74, 6) is 0.646. The van der Waals surface area contributed by atoms with Crippen LogP contribution in [0.2, 0.25) is 0 Å². The van der Waals surface area contributed by atoms with Gasteiger partial charge in [-0.25, -0.2) is 9.18 Å². The van der Waals surface area contributed by atoms with E-state index in [0.29, 0.717) is 6.54 Å². The van der Waals surface area contributed by atoms with E-state index in [9.17, 15) is 9.18 Å². The van der Waals surface area contributed by atoms with Crippen LogP contribution >= 0.6 is 11.8 Å². The summed E-state index contributed by atoms with van der Waals surface area (Å²) in [7, 11) is 4.07. The first kappa shape index (κ1) is 18.7. The molecule has 138 valence electrons. The lowest BCUT2D eigenvalue weighted by Crippen LogP contribution is -2.38. The molecule has 0 fully saturated rings. The van der Waals surface area contributed by atoms with E-state index in [4.69, 9.17) is 0 Å². The first-order chi connectivity index (χ1) is 12.5. The molecule has 0 aliphatic carbocycles. The highest BCUT2D eigenvalue weighted by molar-refractivity contribution is 7.99. The third-order valence-corrected chi connectivity index (χ3v) is 5.41. The average molecular weight is 373 g/mol. The van der Waals surface area contributed by atoms with Crippen LogP contribution in [0, 0.1) is 5.82 Å². The highest BCUT2D eigenvalue weighted by Gasteiger charge is 2.22. The fraction of sp³-hybridized carbons (Fsp3) is 0.350. The molecule has 2 N–H and O–H groups in total. The lowest BCUT2D eigenvalue weighted by atomic mass is 10.0. The standard InChI is InChI=1S/C20H24FN3OS/c1-24(2)13-15-5-3-14(4-6-15)12-22-20(25)23-18-9-10-26-19-8-7-16(21)11-17(18)19/h3-8,11,18H,9-10,12-13H2,1-2H3,(H2,22,23,25). The van der Waals surface area contributed by atoms with Crippen molar-refractivity contribution < 1.29 is 9.18 Å². The van der Waals surface area contributed by atoms with Gasteiger partial charge in [0.2, 0.25) is 0 Å². The number of fused-ring (bicyclic) bond motifs is 1. The van der Waals surface area contributed by atoms with Gasteiger partial charge in [0.25, 0.3) is 0 Å². The minimum Gasteiger partial charge on any atom is -0.334 e. The number of nitrogens with one attached hydrogen (secondary N) is 2. The van der Waals surface area contributed by atoms with Gasteiger partial charge in [0.1, 0.15) is 5.82 Å². The average Bonchev–Trinajstić information content (AvgIpc) is 2.61. The highest BCUT2D eigenvalue weighted by atomic mass is 32.2. The monoisotopic (exact) mass is 373 g/mol. The molecular weight excluding hydrogens is 349 g/mol. The van der Waals surface area contributed by atoms with Gasteiger partial charge in [0.05, 0.1) is 6.04 Å². The van der Waals surface area contributed by atoms with Gasteiger partial charge in [0.15, 0.2) is 0 Å². The Morgan fingerprint density at radius 3 is 2.65 bits per heavy atom. The van der Waals surface area contributed by atoms with Crippen molar-refractivity contribution in [2.24, 2.45) is 0 Å². The van der Waals surface area contributed by atoms with Crippen LogP contribution in [-0.2, 0) is 13.1 Å². The van der Waals surface area contributed by atoms with Crippen molar-refractivity contribution in [3.05, 3.63) is 65.0 Å². The van der Waals surface area contributed by atoms with Crippen LogP contribution < -0.4 is 10.6 Å². The number of nitrogens with zero attached hydrogens (tertiary/aromatic N) is 1. The lowest BCUT2D eigenvalue weighted by molar-refractivity contribution is 0.236. The summed E-state index contributed by atoms with van der Waals surface area (Å²) in [6, 6.07) is 12.6. The molecule has 1 atom stereocenters. The van der Waals surface area contributed by atoms with Crippen LogP contribution in [-0.4, -0.2) is 30.8 Å². The second kappa shape index (κ2) is 8.56. The molecule has 1 aliphatic rings. The van der Waals surface area contributed by atoms with Gasteiger partial charge in [-0.2, -0.15) is 0 Å². The van der Waals surface area contributed by atoms with Crippen molar-refractivity contribution in [3.8, 4) is 0 Å². The number of amides is 2. The fourth-order valence-electron chi connectivity index (χ4n) is 3.03. The summed E-state index contributed by atoms with van der Waals surface area (Å²) in [5.41, 5.74) is 3.15. The Labute approximate surface area is 158 Å². The number of benzene rings is 2. The van der Waals surface area contributed by atoms with Crippen molar-refractivity contribution >= 4 is 17.8 Å². The Bertz CT molecular complexity index is 764. The summed E-state index contributed by atoms with van der Waals surface area (Å²) in [6.07, 6.45) is 0.799. The third-order valence-electron chi connectivity index (χ3n) is 4.29. The van der Waals surface area contributed by atoms with Crippen molar-refractivity contribution in [1.29, 1.82) is 0 Å². The summed E-state index contributed by atoms with van der Waals surface area (Å²) in [5, 5.41) is 5.86. The van der Waals surface area contributed by atoms with Crippen LogP contribution in [0.3, 0.4) is 0 Å². The van der Waals surface area contributed by atoms with Gasteiger partial charge in [-0.3, -0.25) is 0 Å². The van der Waals surface area contributed by atoms with Crippen molar-refractivity contribution in [2.45, 2.75) is 30.4 Å². The summed E-state index contributed by atoms with van der Waals surface area (Å²) in [6.45, 7) is 1.36. The molecule has 0 spiro atoms. The molecule has 2 aromatic rings. The molecule has 2 amide bonds. The summed E-state index contributed by atoms with van der Waals surface area (Å²) >= 11 is 1.70. The minimum absolute atomic E-state index is 0.149. The highest BCUT2D eigenvalue weighted by Crippen LogP contribution is 2.36. The van der Waals surface area contributed by atoms with Crippen LogP contribution in [0.15, 0.2) is 47.4 Å². The number of hydrogen-bond donors (Lipinski definition) is 2. The molecule has 6 heteroatoms. The van der Waals surface area contributed by atoms with Crippen LogP contribution in [0.4, 0.5) is 9.18 Å². The maximum absolute atomic E-state index is 13.5. The third kappa shape index (κ3) is 4.99. The molecule has 1 unspecified atom stereocenters. The molecule has 3 rings (SSSR count). The maximum Gasteiger partial charge on any atom is 0.315 e. The first-order valence-corrected chi connectivity index (χ1v) is 9.69. The van der Waals surface area contributed by atoms with E-state index < -0.39 is 0 Å². The van der Waals surface area contributed by atoms with Gasteiger partial charge in [-0.15, -0.1) is 11.8 Å². The number of carbonyl (C=O) groups excluding carboxylic acids is 1. The van der Waals surface area contributed by atoms with Crippen molar-refractivity contribution in [1.82, 2.24) is 15.5 Å². The predicted octanol–water partition coefficient (Wildman–Crippen LogP) is 3.92. The Balaban J connectivity index is 1.54. The lowest BCUT2D eigenvalue weighted by Gasteiger charge is -2.26. The van der Waals surface area contributed by atoms with Gasteiger partial charge in [-0.1, -0.05) is 24.3 Å². The summed E-state index contributed by atoms with van der Waals surface area (Å²) in [4.78, 5) is 15.4. The van der Waals surface area contributed by atoms with Crippen LogP contribution in [0.5, 0.6) is 0 Å². The van der Waals surface area contributed by atoms with Crippen molar-refractivity contribution in [2.75, 3.05) is 19.8 Å². The fourth-order valence-corrected chi connectivity index (χ4v) is 4.14. The first-order valence-electron chi connectivity index (χ1n) is 8.70. The number of hydrogen-bond acceptors (Lipinski definition) is 3. The molecule has 4 nitrogen and oxygen atoms in total. The maximum atomic E-state index is 13.5. The SMILES string of the molecule is CN(C)Cc1ccc(CNC(=O)NC2CCSc3ccc(F)cc32)cc1. The van der Waals surface area contributed by atoms with Gasteiger partial charge >= 0.3 is 6.03 Å². The number of halogens is 1.